The maximum absolute atomic E-state index is 12.5. The van der Waals surface area contributed by atoms with E-state index in [1.54, 1.807) is 24.2 Å². The Labute approximate surface area is 117 Å². The van der Waals surface area contributed by atoms with Crippen molar-refractivity contribution in [3.8, 4) is 11.8 Å². The average molecular weight is 272 g/mol. The van der Waals surface area contributed by atoms with Crippen molar-refractivity contribution in [2.75, 3.05) is 33.2 Å². The minimum absolute atomic E-state index is 0.0618. The predicted octanol–water partition coefficient (Wildman–Crippen LogP) is -0.694. The molecule has 2 rings (SSSR count). The van der Waals surface area contributed by atoms with Gasteiger partial charge in [0.1, 0.15) is 6.54 Å². The molecule has 2 N–H and O–H groups in total. The van der Waals surface area contributed by atoms with E-state index >= 15 is 0 Å². The molecule has 0 atom stereocenters. The zero-order chi connectivity index (χ0) is 14.5. The summed E-state index contributed by atoms with van der Waals surface area (Å²) in [5.41, 5.74) is 6.33. The van der Waals surface area contributed by atoms with Gasteiger partial charge in [-0.2, -0.15) is 0 Å². The number of amides is 2. The normalized spacial score (nSPS) is 14.8. The molecule has 2 heterocycles. The number of hydrogen-bond acceptors (Lipinski definition) is 4. The summed E-state index contributed by atoms with van der Waals surface area (Å²) in [6.07, 6.45) is 3.08. The second kappa shape index (κ2) is 6.17. The number of piperazine rings is 1. The Morgan fingerprint density at radius 2 is 2.30 bits per heavy atom. The fourth-order valence-corrected chi connectivity index (χ4v) is 1.93. The Balaban J connectivity index is 2.23. The molecule has 2 amide bonds. The number of carbonyl (C=O) groups is 2. The fourth-order valence-electron chi connectivity index (χ4n) is 1.93. The lowest BCUT2D eigenvalue weighted by Crippen LogP contribution is -2.50. The summed E-state index contributed by atoms with van der Waals surface area (Å²) in [5, 5.41) is 0. The fraction of sp³-hybridized carbons (Fsp3) is 0.357. The van der Waals surface area contributed by atoms with E-state index in [9.17, 15) is 9.59 Å². The molecule has 0 aromatic carbocycles. The van der Waals surface area contributed by atoms with Gasteiger partial charge in [-0.3, -0.25) is 14.6 Å². The van der Waals surface area contributed by atoms with Crippen molar-refractivity contribution in [1.82, 2.24) is 14.8 Å². The lowest BCUT2D eigenvalue weighted by atomic mass is 10.1. The van der Waals surface area contributed by atoms with Crippen molar-refractivity contribution in [1.29, 1.82) is 0 Å². The second-order valence-electron chi connectivity index (χ2n) is 4.47. The molecule has 0 radical (unpaired) electrons. The summed E-state index contributed by atoms with van der Waals surface area (Å²) in [7, 11) is 1.73. The maximum atomic E-state index is 12.5. The lowest BCUT2D eigenvalue weighted by molar-refractivity contribution is -0.133. The van der Waals surface area contributed by atoms with Crippen molar-refractivity contribution in [2.24, 2.45) is 5.73 Å². The molecule has 6 heteroatoms. The van der Waals surface area contributed by atoms with Crippen LogP contribution in [-0.4, -0.2) is 59.8 Å². The molecule has 1 aromatic heterocycles. The van der Waals surface area contributed by atoms with Gasteiger partial charge in [0.2, 0.25) is 5.91 Å². The molecule has 0 unspecified atom stereocenters. The van der Waals surface area contributed by atoms with Crippen molar-refractivity contribution in [3.05, 3.63) is 29.6 Å². The first-order chi connectivity index (χ1) is 9.63. The van der Waals surface area contributed by atoms with Gasteiger partial charge >= 0.3 is 0 Å². The molecule has 0 bridgehead atoms. The van der Waals surface area contributed by atoms with Gasteiger partial charge in [0.05, 0.1) is 17.7 Å². The van der Waals surface area contributed by atoms with Gasteiger partial charge in [0.15, 0.2) is 0 Å². The smallest absolute Gasteiger partial charge is 0.255 e. The quantitative estimate of drug-likeness (QED) is 0.686. The molecule has 104 valence electrons. The van der Waals surface area contributed by atoms with Crippen LogP contribution in [0.4, 0.5) is 0 Å². The van der Waals surface area contributed by atoms with Gasteiger partial charge in [-0.1, -0.05) is 11.8 Å². The highest BCUT2D eigenvalue weighted by Crippen LogP contribution is 2.12. The molecule has 1 aromatic rings. The third-order valence-electron chi connectivity index (χ3n) is 3.12. The summed E-state index contributed by atoms with van der Waals surface area (Å²) in [6, 6.07) is 1.62. The summed E-state index contributed by atoms with van der Waals surface area (Å²) < 4.78 is 0. The molecular formula is C14H16N4O2. The van der Waals surface area contributed by atoms with E-state index in [4.69, 9.17) is 5.73 Å². The van der Waals surface area contributed by atoms with Gasteiger partial charge in [0.25, 0.3) is 5.91 Å². The van der Waals surface area contributed by atoms with E-state index in [1.165, 1.54) is 11.1 Å². The molecule has 6 nitrogen and oxygen atoms in total. The third kappa shape index (κ3) is 2.95. The van der Waals surface area contributed by atoms with Crippen LogP contribution in [0.25, 0.3) is 0 Å². The van der Waals surface area contributed by atoms with E-state index < -0.39 is 0 Å². The topological polar surface area (TPSA) is 79.5 Å². The number of rotatable bonds is 1. The minimum Gasteiger partial charge on any atom is -0.342 e. The van der Waals surface area contributed by atoms with E-state index in [0.29, 0.717) is 24.2 Å². The Kier molecular flexibility index (Phi) is 4.33. The molecular weight excluding hydrogens is 256 g/mol. The minimum atomic E-state index is -0.199. The zero-order valence-electron chi connectivity index (χ0n) is 11.3. The average Bonchev–Trinajstić information content (AvgIpc) is 2.47. The number of aromatic nitrogens is 1. The van der Waals surface area contributed by atoms with Crippen LogP contribution in [0.2, 0.25) is 0 Å². The Hall–Kier alpha value is -2.39. The van der Waals surface area contributed by atoms with Gasteiger partial charge in [-0.25, -0.2) is 0 Å². The summed E-state index contributed by atoms with van der Waals surface area (Å²) in [4.78, 5) is 31.2. The predicted molar refractivity (Wildman–Crippen MR) is 73.7 cm³/mol. The summed E-state index contributed by atoms with van der Waals surface area (Å²) >= 11 is 0. The van der Waals surface area contributed by atoms with Crippen molar-refractivity contribution >= 4 is 11.8 Å². The van der Waals surface area contributed by atoms with Crippen molar-refractivity contribution in [2.45, 2.75) is 0 Å². The third-order valence-corrected chi connectivity index (χ3v) is 3.12. The first-order valence-corrected chi connectivity index (χ1v) is 6.29. The number of nitrogens with two attached hydrogens (primary N) is 1. The molecule has 20 heavy (non-hydrogen) atoms. The van der Waals surface area contributed by atoms with E-state index in [-0.39, 0.29) is 24.9 Å². The molecule has 0 spiro atoms. The van der Waals surface area contributed by atoms with Gasteiger partial charge < -0.3 is 15.5 Å². The standard InChI is InChI=1S/C14H16N4O2/c1-17-7-8-18(10-13(17)19)14(20)12-4-6-16-9-11(12)3-2-5-15/h4,6,9H,5,7-8,10,15H2,1H3. The van der Waals surface area contributed by atoms with Crippen molar-refractivity contribution in [3.63, 3.8) is 0 Å². The molecule has 1 fully saturated rings. The van der Waals surface area contributed by atoms with Gasteiger partial charge in [-0.15, -0.1) is 0 Å². The van der Waals surface area contributed by atoms with Crippen LogP contribution < -0.4 is 5.73 Å². The molecule has 1 aliphatic heterocycles. The van der Waals surface area contributed by atoms with Crippen LogP contribution in [0.15, 0.2) is 18.5 Å². The molecule has 0 saturated carbocycles. The van der Waals surface area contributed by atoms with Crippen LogP contribution in [0.1, 0.15) is 15.9 Å². The Bertz CT molecular complexity index is 588. The number of pyridine rings is 1. The summed E-state index contributed by atoms with van der Waals surface area (Å²) in [6.45, 7) is 1.38. The first kappa shape index (κ1) is 14.0. The number of nitrogens with zero attached hydrogens (tertiary/aromatic N) is 3. The molecule has 1 aliphatic rings. The Morgan fingerprint density at radius 3 is 3.00 bits per heavy atom. The first-order valence-electron chi connectivity index (χ1n) is 6.29. The maximum Gasteiger partial charge on any atom is 0.255 e. The van der Waals surface area contributed by atoms with E-state index in [0.717, 1.165) is 0 Å². The van der Waals surface area contributed by atoms with Gasteiger partial charge in [-0.05, 0) is 6.07 Å². The van der Waals surface area contributed by atoms with Crippen LogP contribution in [0.3, 0.4) is 0 Å². The number of carbonyl (C=O) groups excluding carboxylic acids is 2. The lowest BCUT2D eigenvalue weighted by Gasteiger charge is -2.32. The van der Waals surface area contributed by atoms with E-state index in [2.05, 4.69) is 16.8 Å². The highest BCUT2D eigenvalue weighted by atomic mass is 16.2. The zero-order valence-corrected chi connectivity index (χ0v) is 11.3. The second-order valence-corrected chi connectivity index (χ2v) is 4.47. The summed E-state index contributed by atoms with van der Waals surface area (Å²) in [5.74, 6) is 5.28. The highest BCUT2D eigenvalue weighted by molar-refractivity contribution is 5.98. The molecule has 0 aliphatic carbocycles. The number of hydrogen-bond donors (Lipinski definition) is 1. The van der Waals surface area contributed by atoms with E-state index in [1.807, 2.05) is 0 Å². The molecule has 1 saturated heterocycles. The SMILES string of the molecule is CN1CCN(C(=O)c2ccncc2C#CCN)CC1=O. The van der Waals surface area contributed by atoms with Crippen LogP contribution in [0, 0.1) is 11.8 Å². The van der Waals surface area contributed by atoms with Crippen LogP contribution >= 0.6 is 0 Å². The van der Waals surface area contributed by atoms with Crippen LogP contribution in [-0.2, 0) is 4.79 Å². The highest BCUT2D eigenvalue weighted by Gasteiger charge is 2.26. The monoisotopic (exact) mass is 272 g/mol. The van der Waals surface area contributed by atoms with Crippen molar-refractivity contribution < 1.29 is 9.59 Å². The van der Waals surface area contributed by atoms with Gasteiger partial charge in [0, 0.05) is 32.5 Å². The van der Waals surface area contributed by atoms with Crippen LogP contribution in [0.5, 0.6) is 0 Å². The largest absolute Gasteiger partial charge is 0.342 e. The number of likely N-dealkylation sites (N-methyl/N-ethyl adjacent to an activating group) is 1. The Morgan fingerprint density at radius 1 is 1.50 bits per heavy atom.